The van der Waals surface area contributed by atoms with Gasteiger partial charge in [0.15, 0.2) is 12.1 Å². The van der Waals surface area contributed by atoms with Gasteiger partial charge in [0.1, 0.15) is 18.3 Å². The molecule has 2 bridgehead atoms. The third-order valence-corrected chi connectivity index (χ3v) is 11.4. The first-order valence-corrected chi connectivity index (χ1v) is 21.9. The normalized spacial score (nSPS) is 43.7. The summed E-state index contributed by atoms with van der Waals surface area (Å²) in [6.07, 6.45) is 10.7. The van der Waals surface area contributed by atoms with Crippen LogP contribution in [0.4, 0.5) is 4.79 Å². The topological polar surface area (TPSA) is 263 Å². The minimum Gasteiger partial charge on any atom is -0.462 e. The van der Waals surface area contributed by atoms with Gasteiger partial charge in [0, 0.05) is 51.6 Å². The minimum atomic E-state index is -1.51. The number of fused-ring (bicyclic) bond motifs is 4. The summed E-state index contributed by atoms with van der Waals surface area (Å²) in [5.41, 5.74) is 0. The number of methoxy groups -OCH3 is 1. The Morgan fingerprint density at radius 2 is 1.24 bits per heavy atom. The van der Waals surface area contributed by atoms with Gasteiger partial charge in [0.25, 0.3) is 0 Å². The molecule has 4 aliphatic rings. The number of rotatable bonds is 3. The van der Waals surface area contributed by atoms with Gasteiger partial charge in [-0.3, -0.25) is 4.79 Å². The van der Waals surface area contributed by atoms with E-state index < -0.39 is 103 Å². The van der Waals surface area contributed by atoms with Crippen molar-refractivity contribution in [2.24, 2.45) is 5.92 Å². The standard InChI is InChI=1S/C46H69NO16/c1-29-16-14-12-10-8-6-4-5-7-9-11-13-15-17-35(61-44-39(55)23-34(51)28-59-44)25-40-43-41(62-45(57)47-43)27-46(58-3,63-40)26-33(50)22-38(54)36(52)19-18-31(48)21-32(49)24-42(56)60-30(2)20-37(29)53/h4-17,29-41,43-44,48-55H,18-28H2,1-3H3,(H,47,57)/b5-4+,8-6+,9-7+,12-10+,13-11+,16-14+,17-15+/t29-,30-,31+,32+,33-,34-,35-,36+,37-,38+,39-,40-,41-,43-,44-,46+/m0/s1. The van der Waals surface area contributed by atoms with Crippen LogP contribution in [0.1, 0.15) is 78.1 Å². The Bertz CT molecular complexity index is 1610. The Kier molecular flexibility index (Phi) is 21.8. The van der Waals surface area contributed by atoms with E-state index in [0.717, 1.165) is 0 Å². The summed E-state index contributed by atoms with van der Waals surface area (Å²) in [4.78, 5) is 25.0. The van der Waals surface area contributed by atoms with Crippen molar-refractivity contribution in [3.05, 3.63) is 85.1 Å². The summed E-state index contributed by atoms with van der Waals surface area (Å²) in [7, 11) is 1.38. The average Bonchev–Trinajstić information content (AvgIpc) is 3.59. The second kappa shape index (κ2) is 26.4. The second-order valence-corrected chi connectivity index (χ2v) is 16.9. The molecule has 16 atom stereocenters. The number of carbonyl (C=O) groups is 2. The number of esters is 1. The maximum absolute atomic E-state index is 12.5. The van der Waals surface area contributed by atoms with Crippen molar-refractivity contribution in [2.45, 2.75) is 169 Å². The maximum atomic E-state index is 12.5. The van der Waals surface area contributed by atoms with Crippen LogP contribution < -0.4 is 5.32 Å². The number of amides is 1. The fourth-order valence-electron chi connectivity index (χ4n) is 7.92. The van der Waals surface area contributed by atoms with Crippen LogP contribution in [0.2, 0.25) is 0 Å². The molecule has 0 saturated carbocycles. The molecule has 0 aliphatic carbocycles. The molecular weight excluding hydrogens is 822 g/mol. The van der Waals surface area contributed by atoms with Crippen LogP contribution in [-0.4, -0.2) is 158 Å². The molecule has 4 aliphatic heterocycles. The van der Waals surface area contributed by atoms with Gasteiger partial charge in [-0.05, 0) is 26.2 Å². The van der Waals surface area contributed by atoms with Crippen LogP contribution >= 0.6 is 0 Å². The number of hydrogen-bond donors (Lipinski definition) is 9. The number of cyclic esters (lactones) is 1. The smallest absolute Gasteiger partial charge is 0.407 e. The molecule has 0 aromatic carbocycles. The number of alkyl carbamates (subject to hydrolysis) is 1. The lowest BCUT2D eigenvalue weighted by Gasteiger charge is -2.46. The van der Waals surface area contributed by atoms with Gasteiger partial charge in [-0.1, -0.05) is 92.0 Å². The number of hydrogen-bond acceptors (Lipinski definition) is 16. The Morgan fingerprint density at radius 3 is 1.87 bits per heavy atom. The quantitative estimate of drug-likeness (QED) is 0.184. The largest absolute Gasteiger partial charge is 0.462 e. The lowest BCUT2D eigenvalue weighted by molar-refractivity contribution is -0.303. The average molecular weight is 892 g/mol. The Labute approximate surface area is 369 Å². The highest BCUT2D eigenvalue weighted by Gasteiger charge is 2.54. The first-order valence-electron chi connectivity index (χ1n) is 21.9. The number of ether oxygens (including phenoxy) is 6. The molecule has 354 valence electrons. The summed E-state index contributed by atoms with van der Waals surface area (Å²) in [5.74, 6) is -2.44. The Hall–Kier alpha value is -3.56. The molecule has 4 rings (SSSR count). The summed E-state index contributed by atoms with van der Waals surface area (Å²) in [5, 5.41) is 87.9. The van der Waals surface area contributed by atoms with Crippen molar-refractivity contribution in [1.82, 2.24) is 5.32 Å². The number of aliphatic hydroxyl groups is 8. The summed E-state index contributed by atoms with van der Waals surface area (Å²) in [6.45, 7) is 3.45. The minimum absolute atomic E-state index is 0.0261. The third kappa shape index (κ3) is 18.1. The Morgan fingerprint density at radius 1 is 0.619 bits per heavy atom. The Balaban J connectivity index is 1.52. The molecule has 0 aromatic rings. The fourth-order valence-corrected chi connectivity index (χ4v) is 7.92. The van der Waals surface area contributed by atoms with E-state index in [1.54, 1.807) is 31.2 Å². The molecule has 9 N–H and O–H groups in total. The lowest BCUT2D eigenvalue weighted by Crippen LogP contribution is -2.59. The molecule has 4 heterocycles. The van der Waals surface area contributed by atoms with E-state index in [1.165, 1.54) is 7.11 Å². The first kappa shape index (κ1) is 52.1. The summed E-state index contributed by atoms with van der Waals surface area (Å²) in [6, 6.07) is -0.641. The number of aliphatic hydroxyl groups excluding tert-OH is 8. The fraction of sp³-hybridized carbons (Fsp3) is 0.652. The van der Waals surface area contributed by atoms with Crippen LogP contribution in [0.5, 0.6) is 0 Å². The second-order valence-electron chi connectivity index (χ2n) is 16.9. The van der Waals surface area contributed by atoms with Gasteiger partial charge in [-0.15, -0.1) is 0 Å². The van der Waals surface area contributed by atoms with Gasteiger partial charge in [0.2, 0.25) is 0 Å². The van der Waals surface area contributed by atoms with Gasteiger partial charge < -0.3 is 74.6 Å². The van der Waals surface area contributed by atoms with E-state index in [4.69, 9.17) is 28.4 Å². The number of carbonyl (C=O) groups excluding carboxylic acids is 2. The lowest BCUT2D eigenvalue weighted by atomic mass is 9.87. The van der Waals surface area contributed by atoms with Crippen LogP contribution in [0.25, 0.3) is 0 Å². The molecular formula is C46H69NO16. The van der Waals surface area contributed by atoms with E-state index >= 15 is 0 Å². The van der Waals surface area contributed by atoms with Gasteiger partial charge in [-0.2, -0.15) is 0 Å². The van der Waals surface area contributed by atoms with E-state index in [2.05, 4.69) is 5.32 Å². The van der Waals surface area contributed by atoms with E-state index in [-0.39, 0.29) is 76.7 Å². The van der Waals surface area contributed by atoms with Crippen molar-refractivity contribution in [1.29, 1.82) is 0 Å². The van der Waals surface area contributed by atoms with Crippen molar-refractivity contribution in [3.63, 3.8) is 0 Å². The van der Waals surface area contributed by atoms with Crippen molar-refractivity contribution in [2.75, 3.05) is 13.7 Å². The van der Waals surface area contributed by atoms with Crippen LogP contribution in [0, 0.1) is 5.92 Å². The predicted octanol–water partition coefficient (Wildman–Crippen LogP) is 2.21. The number of nitrogens with one attached hydrogen (secondary N) is 1. The van der Waals surface area contributed by atoms with Crippen LogP contribution in [0.3, 0.4) is 0 Å². The summed E-state index contributed by atoms with van der Waals surface area (Å²) >= 11 is 0. The molecule has 3 saturated heterocycles. The van der Waals surface area contributed by atoms with Crippen LogP contribution in [0.15, 0.2) is 85.1 Å². The highest BCUT2D eigenvalue weighted by Crippen LogP contribution is 2.40. The third-order valence-electron chi connectivity index (χ3n) is 11.4. The van der Waals surface area contributed by atoms with Gasteiger partial charge in [0.05, 0.1) is 74.0 Å². The SMILES string of the molecule is CO[C@]12C[C@@H](O)C[C@@H](O)[C@H](O)CC[C@@H](O)C[C@@H](O)CC(=O)O[C@@H](C)C[C@H](O)[C@@H](C)/C=C/C=C/C=C/C=C/C=C/C=C/C=C/[C@H](O[C@@H]3OC[C@@H](O)C[C@@H]3O)C[C@H](O1)[C@@H]1NC(=O)O[C@H]1C2. The highest BCUT2D eigenvalue weighted by molar-refractivity contribution is 5.70. The molecule has 63 heavy (non-hydrogen) atoms. The molecule has 17 nitrogen and oxygen atoms in total. The molecule has 17 heteroatoms. The van der Waals surface area contributed by atoms with Crippen molar-refractivity contribution in [3.8, 4) is 0 Å². The zero-order chi connectivity index (χ0) is 45.9. The predicted molar refractivity (Wildman–Crippen MR) is 229 cm³/mol. The van der Waals surface area contributed by atoms with Crippen molar-refractivity contribution >= 4 is 12.1 Å². The highest BCUT2D eigenvalue weighted by atomic mass is 16.7. The molecule has 0 aromatic heterocycles. The maximum Gasteiger partial charge on any atom is 0.407 e. The van der Waals surface area contributed by atoms with Gasteiger partial charge >= 0.3 is 12.1 Å². The van der Waals surface area contributed by atoms with E-state index in [1.807, 2.05) is 67.7 Å². The van der Waals surface area contributed by atoms with Gasteiger partial charge in [-0.25, -0.2) is 4.79 Å². The molecule has 0 unspecified atom stereocenters. The molecule has 0 spiro atoms. The number of allylic oxidation sites excluding steroid dienone is 12. The van der Waals surface area contributed by atoms with Crippen LogP contribution in [-0.2, 0) is 33.2 Å². The zero-order valence-electron chi connectivity index (χ0n) is 36.4. The zero-order valence-corrected chi connectivity index (χ0v) is 36.4. The summed E-state index contributed by atoms with van der Waals surface area (Å²) < 4.78 is 35.2. The molecule has 3 fully saturated rings. The first-order chi connectivity index (χ1) is 30.1. The molecule has 0 radical (unpaired) electrons. The van der Waals surface area contributed by atoms with E-state index in [9.17, 15) is 50.4 Å². The van der Waals surface area contributed by atoms with Crippen molar-refractivity contribution < 1.29 is 78.9 Å². The monoisotopic (exact) mass is 891 g/mol. The molecule has 1 amide bonds. The van der Waals surface area contributed by atoms with E-state index in [0.29, 0.717) is 0 Å².